The molecule has 1 saturated heterocycles. The molecule has 3 aliphatic rings. The molecule has 2 heteroatoms. The van der Waals surface area contributed by atoms with Crippen molar-refractivity contribution in [2.24, 2.45) is 22.7 Å². The average molecular weight is 234 g/mol. The monoisotopic (exact) mass is 234 g/mol. The Balaban J connectivity index is 2.09. The smallest absolute Gasteiger partial charge is 0.313 e. The maximum Gasteiger partial charge on any atom is 0.313 e. The van der Waals surface area contributed by atoms with Crippen molar-refractivity contribution in [2.75, 3.05) is 6.61 Å². The molecule has 1 heterocycles. The largest absolute Gasteiger partial charge is 0.465 e. The summed E-state index contributed by atoms with van der Waals surface area (Å²) in [4.78, 5) is 12.3. The van der Waals surface area contributed by atoms with E-state index in [4.69, 9.17) is 4.74 Å². The summed E-state index contributed by atoms with van der Waals surface area (Å²) in [7, 11) is 0. The molecule has 3 rings (SSSR count). The van der Waals surface area contributed by atoms with E-state index in [0.29, 0.717) is 18.4 Å². The number of rotatable bonds is 0. The Morgan fingerprint density at radius 2 is 2.12 bits per heavy atom. The third-order valence-corrected chi connectivity index (χ3v) is 5.61. The molecule has 1 aliphatic heterocycles. The molecule has 0 aromatic heterocycles. The van der Waals surface area contributed by atoms with Crippen molar-refractivity contribution < 1.29 is 9.53 Å². The predicted molar refractivity (Wildman–Crippen MR) is 66.4 cm³/mol. The number of cyclic esters (lactones) is 1. The number of esters is 1. The van der Waals surface area contributed by atoms with Gasteiger partial charge in [-0.1, -0.05) is 32.4 Å². The van der Waals surface area contributed by atoms with E-state index in [2.05, 4.69) is 20.4 Å². The molecule has 0 unspecified atom stereocenters. The predicted octanol–water partition coefficient (Wildman–Crippen LogP) is 3.32. The molecule has 2 saturated carbocycles. The van der Waals surface area contributed by atoms with Crippen LogP contribution in [0.1, 0.15) is 46.0 Å². The zero-order chi connectivity index (χ0) is 12.3. The van der Waals surface area contributed by atoms with Gasteiger partial charge in [0.05, 0.1) is 12.0 Å². The quantitative estimate of drug-likeness (QED) is 0.475. The zero-order valence-electron chi connectivity index (χ0n) is 10.9. The van der Waals surface area contributed by atoms with Crippen LogP contribution in [0.4, 0.5) is 0 Å². The van der Waals surface area contributed by atoms with Gasteiger partial charge < -0.3 is 4.74 Å². The van der Waals surface area contributed by atoms with Gasteiger partial charge in [-0.25, -0.2) is 0 Å². The zero-order valence-corrected chi connectivity index (χ0v) is 10.9. The Bertz CT molecular complexity index is 382. The second-order valence-electron chi connectivity index (χ2n) is 6.78. The lowest BCUT2D eigenvalue weighted by molar-refractivity contribution is -0.157. The summed E-state index contributed by atoms with van der Waals surface area (Å²) in [5, 5.41) is 0. The summed E-state index contributed by atoms with van der Waals surface area (Å²) >= 11 is 0. The Morgan fingerprint density at radius 3 is 2.88 bits per heavy atom. The maximum atomic E-state index is 12.3. The molecular weight excluding hydrogens is 212 g/mol. The lowest BCUT2D eigenvalue weighted by Gasteiger charge is -2.54. The molecule has 0 aromatic rings. The molecule has 0 N–H and O–H groups in total. The minimum Gasteiger partial charge on any atom is -0.465 e. The first-order valence-electron chi connectivity index (χ1n) is 6.83. The van der Waals surface area contributed by atoms with Gasteiger partial charge in [0, 0.05) is 5.92 Å². The molecule has 3 fully saturated rings. The molecule has 94 valence electrons. The van der Waals surface area contributed by atoms with Crippen LogP contribution in [0.3, 0.4) is 0 Å². The van der Waals surface area contributed by atoms with Crippen molar-refractivity contribution >= 4 is 5.97 Å². The van der Waals surface area contributed by atoms with Crippen LogP contribution in [-0.4, -0.2) is 12.6 Å². The molecule has 1 spiro atoms. The lowest BCUT2D eigenvalue weighted by Crippen LogP contribution is -2.52. The second-order valence-corrected chi connectivity index (χ2v) is 6.78. The lowest BCUT2D eigenvalue weighted by atomic mass is 9.48. The second kappa shape index (κ2) is 3.37. The van der Waals surface area contributed by atoms with E-state index in [-0.39, 0.29) is 16.8 Å². The van der Waals surface area contributed by atoms with Crippen molar-refractivity contribution in [1.82, 2.24) is 0 Å². The summed E-state index contributed by atoms with van der Waals surface area (Å²) in [6.07, 6.45) is 5.62. The van der Waals surface area contributed by atoms with E-state index in [1.54, 1.807) is 0 Å². The topological polar surface area (TPSA) is 26.3 Å². The summed E-state index contributed by atoms with van der Waals surface area (Å²) in [6.45, 7) is 9.44. The molecule has 2 nitrogen and oxygen atoms in total. The van der Waals surface area contributed by atoms with Crippen LogP contribution in [-0.2, 0) is 9.53 Å². The molecular formula is C15H22O2. The van der Waals surface area contributed by atoms with E-state index in [1.807, 2.05) is 0 Å². The number of hydrogen-bond acceptors (Lipinski definition) is 2. The highest BCUT2D eigenvalue weighted by Crippen LogP contribution is 2.63. The Morgan fingerprint density at radius 1 is 1.35 bits per heavy atom. The minimum absolute atomic E-state index is 0.0705. The van der Waals surface area contributed by atoms with Crippen molar-refractivity contribution in [1.29, 1.82) is 0 Å². The first kappa shape index (κ1) is 11.3. The normalized spacial score (nSPS) is 43.9. The van der Waals surface area contributed by atoms with E-state index in [1.165, 1.54) is 12.0 Å². The Labute approximate surface area is 103 Å². The van der Waals surface area contributed by atoms with Gasteiger partial charge in [-0.2, -0.15) is 0 Å². The van der Waals surface area contributed by atoms with Gasteiger partial charge >= 0.3 is 5.97 Å². The van der Waals surface area contributed by atoms with Crippen molar-refractivity contribution in [3.8, 4) is 0 Å². The fourth-order valence-electron chi connectivity index (χ4n) is 4.76. The average Bonchev–Trinajstić information content (AvgIpc) is 2.57. The van der Waals surface area contributed by atoms with Crippen molar-refractivity contribution in [3.05, 3.63) is 12.2 Å². The van der Waals surface area contributed by atoms with E-state index >= 15 is 0 Å². The van der Waals surface area contributed by atoms with Crippen LogP contribution >= 0.6 is 0 Å². The molecule has 2 aliphatic carbocycles. The number of ether oxygens (including phenoxy) is 1. The van der Waals surface area contributed by atoms with Crippen LogP contribution in [0.15, 0.2) is 12.2 Å². The molecule has 0 amide bonds. The van der Waals surface area contributed by atoms with Gasteiger partial charge in [0.2, 0.25) is 0 Å². The van der Waals surface area contributed by atoms with Crippen LogP contribution in [0.5, 0.6) is 0 Å². The Kier molecular flexibility index (Phi) is 2.24. The molecule has 3 atom stereocenters. The van der Waals surface area contributed by atoms with Gasteiger partial charge in [-0.15, -0.1) is 0 Å². The Hall–Kier alpha value is -0.790. The SMILES string of the molecule is C=C1CC[C@H]2C(C)(C)CCC[C@@]23C(=O)OC[C@H]13. The highest BCUT2D eigenvalue weighted by atomic mass is 16.5. The molecule has 0 bridgehead atoms. The highest BCUT2D eigenvalue weighted by molar-refractivity contribution is 5.81. The fourth-order valence-corrected chi connectivity index (χ4v) is 4.76. The van der Waals surface area contributed by atoms with Gasteiger partial charge in [-0.3, -0.25) is 4.79 Å². The highest BCUT2D eigenvalue weighted by Gasteiger charge is 2.63. The molecule has 0 radical (unpaired) electrons. The summed E-state index contributed by atoms with van der Waals surface area (Å²) in [6, 6.07) is 0. The number of carbonyl (C=O) groups excluding carboxylic acids is 1. The van der Waals surface area contributed by atoms with Crippen molar-refractivity contribution in [3.63, 3.8) is 0 Å². The van der Waals surface area contributed by atoms with Crippen LogP contribution in [0.2, 0.25) is 0 Å². The van der Waals surface area contributed by atoms with Crippen LogP contribution in [0, 0.1) is 22.7 Å². The number of hydrogen-bond donors (Lipinski definition) is 0. The van der Waals surface area contributed by atoms with Gasteiger partial charge in [0.25, 0.3) is 0 Å². The first-order valence-corrected chi connectivity index (χ1v) is 6.83. The van der Waals surface area contributed by atoms with Gasteiger partial charge in [-0.05, 0) is 37.0 Å². The van der Waals surface area contributed by atoms with Crippen LogP contribution < -0.4 is 0 Å². The van der Waals surface area contributed by atoms with Crippen LogP contribution in [0.25, 0.3) is 0 Å². The molecule has 17 heavy (non-hydrogen) atoms. The standard InChI is InChI=1S/C15H22O2/c1-10-5-6-12-14(2,3)7-4-8-15(12)11(10)9-17-13(15)16/h11-12H,1,4-9H2,2-3H3/t11-,12+,15+/m1/s1. The third-order valence-electron chi connectivity index (χ3n) is 5.61. The maximum absolute atomic E-state index is 12.3. The van der Waals surface area contributed by atoms with E-state index in [0.717, 1.165) is 25.7 Å². The van der Waals surface area contributed by atoms with Gasteiger partial charge in [0.1, 0.15) is 0 Å². The minimum atomic E-state index is -0.211. The molecule has 0 aromatic carbocycles. The summed E-state index contributed by atoms with van der Waals surface area (Å²) in [5.41, 5.74) is 1.32. The summed E-state index contributed by atoms with van der Waals surface area (Å²) < 4.78 is 5.42. The third kappa shape index (κ3) is 1.30. The number of carbonyl (C=O) groups is 1. The van der Waals surface area contributed by atoms with Crippen molar-refractivity contribution in [2.45, 2.75) is 46.0 Å². The fraction of sp³-hybridized carbons (Fsp3) is 0.800. The van der Waals surface area contributed by atoms with E-state index in [9.17, 15) is 4.79 Å². The first-order chi connectivity index (χ1) is 7.98. The summed E-state index contributed by atoms with van der Waals surface area (Å²) in [5.74, 6) is 0.865. The van der Waals surface area contributed by atoms with Gasteiger partial charge in [0.15, 0.2) is 0 Å². The van der Waals surface area contributed by atoms with E-state index < -0.39 is 0 Å².